The third-order valence-electron chi connectivity index (χ3n) is 3.38. The van der Waals surface area contributed by atoms with Crippen LogP contribution in [-0.4, -0.2) is 11.9 Å². The third-order valence-corrected chi connectivity index (χ3v) is 3.38. The Morgan fingerprint density at radius 1 is 1.26 bits per heavy atom. The molecule has 0 saturated carbocycles. The summed E-state index contributed by atoms with van der Waals surface area (Å²) in [7, 11) is 2.05. The van der Waals surface area contributed by atoms with Gasteiger partial charge in [-0.05, 0) is 24.7 Å². The number of rotatable bonds is 0. The largest absolute Gasteiger partial charge is 0.510 e. The van der Waals surface area contributed by atoms with Crippen LogP contribution in [-0.2, 0) is 20.1 Å². The van der Waals surface area contributed by atoms with Crippen molar-refractivity contribution in [3.8, 4) is 0 Å². The first-order valence-corrected chi connectivity index (χ1v) is 6.28. The van der Waals surface area contributed by atoms with Crippen LogP contribution in [0.4, 0.5) is 5.69 Å². The predicted molar refractivity (Wildman–Crippen MR) is 75.3 cm³/mol. The van der Waals surface area contributed by atoms with Crippen LogP contribution in [0.2, 0.25) is 0 Å². The number of benzene rings is 1. The van der Waals surface area contributed by atoms with Gasteiger partial charge in [0.25, 0.3) is 0 Å². The molecule has 0 bridgehead atoms. The quantitative estimate of drug-likeness (QED) is 0.580. The van der Waals surface area contributed by atoms with Gasteiger partial charge in [0.2, 0.25) is 0 Å². The maximum Gasteiger partial charge on any atom is 0.0243 e. The van der Waals surface area contributed by atoms with E-state index in [-0.39, 0.29) is 25.5 Å². The number of hydrogen-bond donors (Lipinski definition) is 0. The normalized spacial score (nSPS) is 17.3. The van der Waals surface area contributed by atoms with Crippen LogP contribution in [0.15, 0.2) is 36.2 Å². The van der Waals surface area contributed by atoms with E-state index >= 15 is 0 Å². The molecule has 0 N–H and O–H groups in total. The number of para-hydroxylation sites is 1. The van der Waals surface area contributed by atoms with E-state index in [2.05, 4.69) is 74.8 Å². The van der Waals surface area contributed by atoms with Crippen molar-refractivity contribution in [3.05, 3.63) is 54.5 Å². The van der Waals surface area contributed by atoms with Gasteiger partial charge in [-0.1, -0.05) is 32.0 Å². The number of nitrogens with zero attached hydrogens (tertiary/aromatic N) is 2. The number of fused-ring (bicyclic) bond motifs is 3. The second-order valence-corrected chi connectivity index (χ2v) is 5.95. The Kier molecular flexibility index (Phi) is 3.63. The SMILES string of the molecule is CN1C=C2C=C(C(C)(C)C)c3ccc[c-]c3N2[CH-]1.[Ir]. The summed E-state index contributed by atoms with van der Waals surface area (Å²) in [5, 5.41) is 0. The summed E-state index contributed by atoms with van der Waals surface area (Å²) in [6.07, 6.45) is 4.44. The Bertz CT molecular complexity index is 552. The van der Waals surface area contributed by atoms with Gasteiger partial charge in [-0.15, -0.1) is 5.56 Å². The van der Waals surface area contributed by atoms with E-state index in [1.54, 1.807) is 0 Å². The van der Waals surface area contributed by atoms with Gasteiger partial charge in [0, 0.05) is 25.8 Å². The molecular formula is C16H18IrN2-2. The molecule has 0 aromatic heterocycles. The summed E-state index contributed by atoms with van der Waals surface area (Å²) in [5.74, 6) is 0. The van der Waals surface area contributed by atoms with Crippen LogP contribution in [0.3, 0.4) is 0 Å². The molecule has 0 fully saturated rings. The van der Waals surface area contributed by atoms with Gasteiger partial charge >= 0.3 is 0 Å². The van der Waals surface area contributed by atoms with Crippen molar-refractivity contribution in [2.75, 3.05) is 11.9 Å². The first-order valence-electron chi connectivity index (χ1n) is 6.28. The zero-order chi connectivity index (χ0) is 12.9. The van der Waals surface area contributed by atoms with E-state index < -0.39 is 0 Å². The predicted octanol–water partition coefficient (Wildman–Crippen LogP) is 3.64. The number of hydrogen-bond acceptors (Lipinski definition) is 2. The van der Waals surface area contributed by atoms with E-state index in [9.17, 15) is 0 Å². The molecule has 3 rings (SSSR count). The molecule has 1 aromatic carbocycles. The van der Waals surface area contributed by atoms with E-state index in [1.165, 1.54) is 16.8 Å². The molecule has 0 aliphatic carbocycles. The summed E-state index contributed by atoms with van der Waals surface area (Å²) in [5.41, 5.74) is 5.17. The van der Waals surface area contributed by atoms with Crippen molar-refractivity contribution in [1.82, 2.24) is 4.90 Å². The first-order chi connectivity index (χ1) is 8.47. The van der Waals surface area contributed by atoms with Crippen molar-refractivity contribution in [1.29, 1.82) is 0 Å². The summed E-state index contributed by atoms with van der Waals surface area (Å²) in [6, 6.07) is 9.60. The minimum atomic E-state index is 0. The molecule has 0 amide bonds. The van der Waals surface area contributed by atoms with E-state index in [1.807, 2.05) is 6.07 Å². The second-order valence-electron chi connectivity index (χ2n) is 5.95. The molecule has 0 spiro atoms. The second kappa shape index (κ2) is 4.81. The van der Waals surface area contributed by atoms with Gasteiger partial charge in [-0.25, -0.2) is 0 Å². The average Bonchev–Trinajstić information content (AvgIpc) is 2.67. The molecule has 1 radical (unpaired) electrons. The number of allylic oxidation sites excluding steroid dienone is 2. The molecule has 2 aliphatic rings. The fraction of sp³-hybridized carbons (Fsp3) is 0.312. The van der Waals surface area contributed by atoms with Gasteiger partial charge in [0.15, 0.2) is 0 Å². The topological polar surface area (TPSA) is 6.48 Å². The average molecular weight is 431 g/mol. The molecule has 103 valence electrons. The Balaban J connectivity index is 0.00000133. The van der Waals surface area contributed by atoms with Crippen LogP contribution in [0.5, 0.6) is 0 Å². The van der Waals surface area contributed by atoms with Crippen molar-refractivity contribution >= 4 is 11.3 Å². The minimum absolute atomic E-state index is 0. The zero-order valence-corrected chi connectivity index (χ0v) is 14.1. The molecule has 1 aromatic rings. The molecule has 0 saturated heterocycles. The fourth-order valence-electron chi connectivity index (χ4n) is 2.54. The summed E-state index contributed by atoms with van der Waals surface area (Å²) < 4.78 is 0. The number of anilines is 1. The minimum Gasteiger partial charge on any atom is -0.510 e. The van der Waals surface area contributed by atoms with Gasteiger partial charge in [-0.2, -0.15) is 30.9 Å². The van der Waals surface area contributed by atoms with Gasteiger partial charge in [-0.3, -0.25) is 0 Å². The van der Waals surface area contributed by atoms with Crippen LogP contribution in [0.1, 0.15) is 26.3 Å². The summed E-state index contributed by atoms with van der Waals surface area (Å²) in [4.78, 5) is 4.28. The standard InChI is InChI=1S/C16H18N2.Ir/c1-16(2,3)14-9-12-10-17(4)11-18(12)15-8-6-5-7-13(14)15;/h5-7,9-11H,1-4H3;/q-2;. The zero-order valence-electron chi connectivity index (χ0n) is 11.7. The van der Waals surface area contributed by atoms with Crippen LogP contribution in [0.25, 0.3) is 5.57 Å². The van der Waals surface area contributed by atoms with E-state index in [0.29, 0.717) is 0 Å². The Hall–Kier alpha value is -1.05. The molecule has 2 heterocycles. The molecule has 2 aliphatic heterocycles. The third kappa shape index (κ3) is 2.37. The molecule has 19 heavy (non-hydrogen) atoms. The Morgan fingerprint density at radius 2 is 2.00 bits per heavy atom. The molecule has 0 atom stereocenters. The van der Waals surface area contributed by atoms with Crippen molar-refractivity contribution in [2.45, 2.75) is 20.8 Å². The monoisotopic (exact) mass is 431 g/mol. The van der Waals surface area contributed by atoms with Gasteiger partial charge in [0.05, 0.1) is 0 Å². The van der Waals surface area contributed by atoms with Crippen molar-refractivity contribution < 1.29 is 20.1 Å². The van der Waals surface area contributed by atoms with Gasteiger partial charge in [0.1, 0.15) is 0 Å². The van der Waals surface area contributed by atoms with E-state index in [4.69, 9.17) is 0 Å². The maximum atomic E-state index is 3.37. The molecular weight excluding hydrogens is 412 g/mol. The van der Waals surface area contributed by atoms with Gasteiger partial charge < -0.3 is 9.80 Å². The fourth-order valence-corrected chi connectivity index (χ4v) is 2.54. The molecule has 2 nitrogen and oxygen atoms in total. The summed E-state index contributed by atoms with van der Waals surface area (Å²) in [6.45, 7) is 8.87. The molecule has 3 heteroatoms. The van der Waals surface area contributed by atoms with Crippen LogP contribution < -0.4 is 4.90 Å². The maximum absolute atomic E-state index is 3.37. The van der Waals surface area contributed by atoms with Crippen LogP contribution in [0, 0.1) is 18.2 Å². The Labute approximate surface area is 129 Å². The van der Waals surface area contributed by atoms with Crippen molar-refractivity contribution in [3.63, 3.8) is 0 Å². The smallest absolute Gasteiger partial charge is 0.0243 e. The van der Waals surface area contributed by atoms with Crippen molar-refractivity contribution in [2.24, 2.45) is 5.41 Å². The Morgan fingerprint density at radius 3 is 2.68 bits per heavy atom. The van der Waals surface area contributed by atoms with Crippen LogP contribution >= 0.6 is 0 Å². The molecule has 0 unspecified atom stereocenters. The van der Waals surface area contributed by atoms with E-state index in [0.717, 1.165) is 5.69 Å². The summed E-state index contributed by atoms with van der Waals surface area (Å²) >= 11 is 0. The first kappa shape index (κ1) is 14.4.